The molecule has 1 aliphatic carbocycles. The third-order valence-electron chi connectivity index (χ3n) is 1.77. The molecule has 52 valence electrons. The molecule has 0 nitrogen and oxygen atoms in total. The van der Waals surface area contributed by atoms with E-state index in [1.54, 1.807) is 0 Å². The molecule has 0 radical (unpaired) electrons. The van der Waals surface area contributed by atoms with Gasteiger partial charge in [0, 0.05) is 5.92 Å². The Morgan fingerprint density at radius 1 is 1.70 bits per heavy atom. The van der Waals surface area contributed by atoms with Gasteiger partial charge in [0.15, 0.2) is 0 Å². The van der Waals surface area contributed by atoms with Crippen molar-refractivity contribution >= 4 is 0 Å². The molecule has 1 rings (SSSR count). The third-order valence-corrected chi connectivity index (χ3v) is 1.77. The van der Waals surface area contributed by atoms with Crippen LogP contribution in [0.15, 0.2) is 42.7 Å². The van der Waals surface area contributed by atoms with Crippen LogP contribution in [0.1, 0.15) is 12.8 Å². The zero-order chi connectivity index (χ0) is 7.40. The second-order valence-corrected chi connectivity index (χ2v) is 2.53. The van der Waals surface area contributed by atoms with E-state index in [9.17, 15) is 0 Å². The highest BCUT2D eigenvalue weighted by Crippen LogP contribution is 2.22. The van der Waals surface area contributed by atoms with Gasteiger partial charge in [0.05, 0.1) is 0 Å². The van der Waals surface area contributed by atoms with Gasteiger partial charge < -0.3 is 0 Å². The van der Waals surface area contributed by atoms with Crippen LogP contribution in [0.2, 0.25) is 0 Å². The van der Waals surface area contributed by atoms with Gasteiger partial charge in [-0.15, -0.1) is 5.73 Å². The van der Waals surface area contributed by atoms with E-state index in [0.717, 1.165) is 12.8 Å². The number of hydrogen-bond donors (Lipinski definition) is 0. The second kappa shape index (κ2) is 3.24. The molecule has 0 saturated carbocycles. The van der Waals surface area contributed by atoms with Gasteiger partial charge in [-0.05, 0) is 24.5 Å². The Kier molecular flexibility index (Phi) is 2.30. The zero-order valence-corrected chi connectivity index (χ0v) is 6.14. The lowest BCUT2D eigenvalue weighted by Gasteiger charge is -2.14. The molecule has 0 saturated heterocycles. The van der Waals surface area contributed by atoms with Crippen LogP contribution >= 0.6 is 0 Å². The molecule has 0 bridgehead atoms. The summed E-state index contributed by atoms with van der Waals surface area (Å²) in [4.78, 5) is 0. The van der Waals surface area contributed by atoms with Gasteiger partial charge in [0.1, 0.15) is 0 Å². The molecule has 0 heteroatoms. The Bertz CT molecular complexity index is 202. The SMILES string of the molecule is C=C=CC1CCC=CC1=C. The molecule has 0 amide bonds. The van der Waals surface area contributed by atoms with Crippen molar-refractivity contribution in [3.05, 3.63) is 42.7 Å². The summed E-state index contributed by atoms with van der Waals surface area (Å²) in [5.74, 6) is 0.488. The standard InChI is InChI=1S/C10H12/c1-3-6-10-8-5-4-7-9(10)2/h4,6-7,10H,1-2,5,8H2. The molecule has 0 spiro atoms. The Labute approximate surface area is 62.3 Å². The Morgan fingerprint density at radius 3 is 3.10 bits per heavy atom. The molecule has 0 aromatic heterocycles. The van der Waals surface area contributed by atoms with E-state index in [4.69, 9.17) is 0 Å². The lowest BCUT2D eigenvalue weighted by Crippen LogP contribution is -2.00. The average Bonchev–Trinajstić information content (AvgIpc) is 1.94. The lowest BCUT2D eigenvalue weighted by atomic mass is 9.90. The van der Waals surface area contributed by atoms with Crippen molar-refractivity contribution < 1.29 is 0 Å². The van der Waals surface area contributed by atoms with Crippen molar-refractivity contribution in [2.45, 2.75) is 12.8 Å². The van der Waals surface area contributed by atoms with Gasteiger partial charge in [-0.1, -0.05) is 25.3 Å². The molecular weight excluding hydrogens is 120 g/mol. The van der Waals surface area contributed by atoms with Gasteiger partial charge in [0.2, 0.25) is 0 Å². The van der Waals surface area contributed by atoms with Crippen LogP contribution in [0.3, 0.4) is 0 Å². The van der Waals surface area contributed by atoms with Crippen LogP contribution in [-0.4, -0.2) is 0 Å². The summed E-state index contributed by atoms with van der Waals surface area (Å²) < 4.78 is 0. The van der Waals surface area contributed by atoms with Crippen molar-refractivity contribution in [3.63, 3.8) is 0 Å². The molecule has 0 aromatic carbocycles. The quantitative estimate of drug-likeness (QED) is 0.481. The molecule has 10 heavy (non-hydrogen) atoms. The van der Waals surface area contributed by atoms with Crippen molar-refractivity contribution in [2.24, 2.45) is 5.92 Å². The molecular formula is C10H12. The van der Waals surface area contributed by atoms with E-state index in [1.807, 2.05) is 6.08 Å². The topological polar surface area (TPSA) is 0 Å². The highest BCUT2D eigenvalue weighted by atomic mass is 14.1. The first-order chi connectivity index (χ1) is 4.84. The summed E-state index contributed by atoms with van der Waals surface area (Å²) in [6, 6.07) is 0. The molecule has 0 aromatic rings. The predicted molar refractivity (Wildman–Crippen MR) is 44.7 cm³/mol. The first-order valence-corrected chi connectivity index (χ1v) is 3.56. The van der Waals surface area contributed by atoms with Gasteiger partial charge in [-0.3, -0.25) is 0 Å². The van der Waals surface area contributed by atoms with Crippen LogP contribution in [-0.2, 0) is 0 Å². The molecule has 0 heterocycles. The van der Waals surface area contributed by atoms with Gasteiger partial charge >= 0.3 is 0 Å². The van der Waals surface area contributed by atoms with Gasteiger partial charge in [0.25, 0.3) is 0 Å². The van der Waals surface area contributed by atoms with E-state index in [2.05, 4.69) is 31.0 Å². The van der Waals surface area contributed by atoms with E-state index < -0.39 is 0 Å². The maximum Gasteiger partial charge on any atom is 0.00906 e. The Hall–Kier alpha value is -1.00. The molecule has 1 unspecified atom stereocenters. The maximum absolute atomic E-state index is 3.93. The Morgan fingerprint density at radius 2 is 2.50 bits per heavy atom. The molecule has 1 atom stereocenters. The summed E-state index contributed by atoms with van der Waals surface area (Å²) in [6.45, 7) is 7.47. The average molecular weight is 132 g/mol. The first-order valence-electron chi connectivity index (χ1n) is 3.56. The van der Waals surface area contributed by atoms with E-state index in [-0.39, 0.29) is 0 Å². The number of rotatable bonds is 1. The summed E-state index contributed by atoms with van der Waals surface area (Å²) in [5, 5.41) is 0. The predicted octanol–water partition coefficient (Wildman–Crippen LogP) is 2.85. The van der Waals surface area contributed by atoms with Crippen LogP contribution in [0.5, 0.6) is 0 Å². The van der Waals surface area contributed by atoms with Gasteiger partial charge in [-0.2, -0.15) is 0 Å². The molecule has 0 N–H and O–H groups in total. The van der Waals surface area contributed by atoms with Crippen LogP contribution in [0, 0.1) is 5.92 Å². The first kappa shape index (κ1) is 7.11. The summed E-state index contributed by atoms with van der Waals surface area (Å²) in [6.07, 6.45) is 8.56. The molecule has 1 aliphatic rings. The zero-order valence-electron chi connectivity index (χ0n) is 6.14. The monoisotopic (exact) mass is 132 g/mol. The minimum Gasteiger partial charge on any atom is -0.132 e. The van der Waals surface area contributed by atoms with Crippen LogP contribution in [0.4, 0.5) is 0 Å². The van der Waals surface area contributed by atoms with E-state index in [1.165, 1.54) is 5.57 Å². The molecule has 0 aliphatic heterocycles. The summed E-state index contributed by atoms with van der Waals surface area (Å²) >= 11 is 0. The fraction of sp³-hybridized carbons (Fsp3) is 0.300. The van der Waals surface area contributed by atoms with Crippen molar-refractivity contribution in [2.75, 3.05) is 0 Å². The number of hydrogen-bond acceptors (Lipinski definition) is 0. The fourth-order valence-electron chi connectivity index (χ4n) is 1.15. The number of allylic oxidation sites excluding steroid dienone is 4. The summed E-state index contributed by atoms with van der Waals surface area (Å²) in [7, 11) is 0. The minimum absolute atomic E-state index is 0.488. The van der Waals surface area contributed by atoms with Crippen LogP contribution in [0.25, 0.3) is 0 Å². The maximum atomic E-state index is 3.93. The smallest absolute Gasteiger partial charge is 0.00906 e. The van der Waals surface area contributed by atoms with Crippen molar-refractivity contribution in [1.29, 1.82) is 0 Å². The van der Waals surface area contributed by atoms with E-state index >= 15 is 0 Å². The highest BCUT2D eigenvalue weighted by Gasteiger charge is 2.08. The fourth-order valence-corrected chi connectivity index (χ4v) is 1.15. The Balaban J connectivity index is 2.69. The van der Waals surface area contributed by atoms with Crippen molar-refractivity contribution in [3.8, 4) is 0 Å². The third kappa shape index (κ3) is 1.49. The van der Waals surface area contributed by atoms with Crippen LogP contribution < -0.4 is 0 Å². The lowest BCUT2D eigenvalue weighted by molar-refractivity contribution is 0.681. The van der Waals surface area contributed by atoms with E-state index in [0.29, 0.717) is 5.92 Å². The summed E-state index contributed by atoms with van der Waals surface area (Å²) in [5.41, 5.74) is 3.98. The molecule has 0 fully saturated rings. The highest BCUT2D eigenvalue weighted by molar-refractivity contribution is 5.24. The normalized spacial score (nSPS) is 24.0. The minimum atomic E-state index is 0.488. The van der Waals surface area contributed by atoms with Gasteiger partial charge in [-0.25, -0.2) is 0 Å². The largest absolute Gasteiger partial charge is 0.132 e. The van der Waals surface area contributed by atoms with Crippen molar-refractivity contribution in [1.82, 2.24) is 0 Å². The second-order valence-electron chi connectivity index (χ2n) is 2.53.